The van der Waals surface area contributed by atoms with E-state index in [4.69, 9.17) is 0 Å². The first-order chi connectivity index (χ1) is 10.6. The summed E-state index contributed by atoms with van der Waals surface area (Å²) >= 11 is 0. The summed E-state index contributed by atoms with van der Waals surface area (Å²) in [5.41, 5.74) is 2.89. The molecule has 0 N–H and O–H groups in total. The van der Waals surface area contributed by atoms with Crippen molar-refractivity contribution in [3.8, 4) is 0 Å². The van der Waals surface area contributed by atoms with Gasteiger partial charge >= 0.3 is 0 Å². The van der Waals surface area contributed by atoms with Crippen LogP contribution in [0.5, 0.6) is 0 Å². The first-order valence-electron chi connectivity index (χ1n) is 7.31. The molecular weight excluding hydrogens is 284 g/mol. The van der Waals surface area contributed by atoms with Crippen molar-refractivity contribution < 1.29 is 8.78 Å². The number of aryl methyl sites for hydroxylation is 1. The molecule has 1 aliphatic rings. The van der Waals surface area contributed by atoms with Crippen molar-refractivity contribution in [2.24, 2.45) is 0 Å². The fourth-order valence-electron chi connectivity index (χ4n) is 2.56. The average molecular weight is 301 g/mol. The number of benzene rings is 1. The normalized spacial score (nSPS) is 15.0. The Morgan fingerprint density at radius 1 is 1.09 bits per heavy atom. The highest BCUT2D eigenvalue weighted by Gasteiger charge is 2.16. The number of hydrogen-bond donors (Lipinski definition) is 0. The van der Waals surface area contributed by atoms with E-state index >= 15 is 0 Å². The van der Waals surface area contributed by atoms with Gasteiger partial charge in [0.15, 0.2) is 11.6 Å². The second-order valence-electron chi connectivity index (χ2n) is 5.46. The summed E-state index contributed by atoms with van der Waals surface area (Å²) in [4.78, 5) is 10.9. The van der Waals surface area contributed by atoms with Gasteiger partial charge in [0.2, 0.25) is 5.95 Å². The van der Waals surface area contributed by atoms with Crippen molar-refractivity contribution in [3.63, 3.8) is 0 Å². The predicted molar refractivity (Wildman–Crippen MR) is 82.6 cm³/mol. The SMILES string of the molecule is Cc1ccnc(N2CCC(=Cc3ccc(F)c(F)c3)CC2)n1. The Bertz CT molecular complexity index is 703. The monoisotopic (exact) mass is 301 g/mol. The number of nitrogens with zero attached hydrogens (tertiary/aromatic N) is 3. The fraction of sp³-hybridized carbons (Fsp3) is 0.294. The summed E-state index contributed by atoms with van der Waals surface area (Å²) in [5, 5.41) is 0. The summed E-state index contributed by atoms with van der Waals surface area (Å²) in [7, 11) is 0. The molecule has 0 unspecified atom stereocenters. The summed E-state index contributed by atoms with van der Waals surface area (Å²) < 4.78 is 26.2. The van der Waals surface area contributed by atoms with E-state index in [-0.39, 0.29) is 0 Å². The van der Waals surface area contributed by atoms with Gasteiger partial charge in [0.25, 0.3) is 0 Å². The molecule has 0 aliphatic carbocycles. The highest BCUT2D eigenvalue weighted by Crippen LogP contribution is 2.22. The maximum atomic E-state index is 13.2. The van der Waals surface area contributed by atoms with Crippen LogP contribution in [0.2, 0.25) is 0 Å². The third kappa shape index (κ3) is 3.30. The van der Waals surface area contributed by atoms with Crippen LogP contribution < -0.4 is 4.90 Å². The van der Waals surface area contributed by atoms with Gasteiger partial charge in [-0.25, -0.2) is 18.7 Å². The van der Waals surface area contributed by atoms with Gasteiger partial charge in [0, 0.05) is 25.0 Å². The smallest absolute Gasteiger partial charge is 0.225 e. The molecule has 0 saturated carbocycles. The summed E-state index contributed by atoms with van der Waals surface area (Å²) in [6, 6.07) is 5.87. The Balaban J connectivity index is 1.68. The minimum Gasteiger partial charge on any atom is -0.340 e. The average Bonchev–Trinajstić information content (AvgIpc) is 2.52. The quantitative estimate of drug-likeness (QED) is 0.846. The maximum Gasteiger partial charge on any atom is 0.225 e. The third-order valence-corrected chi connectivity index (χ3v) is 3.79. The molecule has 0 bridgehead atoms. The highest BCUT2D eigenvalue weighted by molar-refractivity contribution is 5.54. The van der Waals surface area contributed by atoms with Crippen LogP contribution in [-0.2, 0) is 0 Å². The van der Waals surface area contributed by atoms with Crippen molar-refractivity contribution in [1.82, 2.24) is 9.97 Å². The van der Waals surface area contributed by atoms with E-state index in [0.717, 1.165) is 43.6 Å². The number of halogens is 2. The van der Waals surface area contributed by atoms with Gasteiger partial charge in [-0.05, 0) is 43.5 Å². The molecule has 0 atom stereocenters. The number of rotatable bonds is 2. The van der Waals surface area contributed by atoms with Gasteiger partial charge in [-0.2, -0.15) is 0 Å². The Morgan fingerprint density at radius 3 is 2.55 bits per heavy atom. The summed E-state index contributed by atoms with van der Waals surface area (Å²) in [6.45, 7) is 3.61. The van der Waals surface area contributed by atoms with Gasteiger partial charge < -0.3 is 4.90 Å². The van der Waals surface area contributed by atoms with Crippen LogP contribution in [0.4, 0.5) is 14.7 Å². The maximum absolute atomic E-state index is 13.2. The van der Waals surface area contributed by atoms with E-state index in [1.54, 1.807) is 12.3 Å². The molecule has 0 radical (unpaired) electrons. The number of piperidine rings is 1. The first kappa shape index (κ1) is 14.6. The lowest BCUT2D eigenvalue weighted by molar-refractivity contribution is 0.508. The molecule has 2 aromatic rings. The molecular formula is C17H17F2N3. The number of anilines is 1. The van der Waals surface area contributed by atoms with E-state index < -0.39 is 11.6 Å². The first-order valence-corrected chi connectivity index (χ1v) is 7.31. The van der Waals surface area contributed by atoms with Gasteiger partial charge in [-0.1, -0.05) is 17.7 Å². The lowest BCUT2D eigenvalue weighted by Crippen LogP contribution is -2.32. The lowest BCUT2D eigenvalue weighted by Gasteiger charge is -2.28. The zero-order valence-electron chi connectivity index (χ0n) is 12.4. The Hall–Kier alpha value is -2.30. The molecule has 3 nitrogen and oxygen atoms in total. The molecule has 1 aromatic carbocycles. The summed E-state index contributed by atoms with van der Waals surface area (Å²) in [5.74, 6) is -0.861. The molecule has 0 spiro atoms. The van der Waals surface area contributed by atoms with Crippen molar-refractivity contribution in [1.29, 1.82) is 0 Å². The van der Waals surface area contributed by atoms with E-state index in [1.165, 1.54) is 11.6 Å². The van der Waals surface area contributed by atoms with E-state index in [2.05, 4.69) is 14.9 Å². The molecule has 0 amide bonds. The van der Waals surface area contributed by atoms with E-state index in [1.807, 2.05) is 19.1 Å². The van der Waals surface area contributed by atoms with Crippen LogP contribution in [0.25, 0.3) is 6.08 Å². The van der Waals surface area contributed by atoms with Crippen molar-refractivity contribution in [2.45, 2.75) is 19.8 Å². The second-order valence-corrected chi connectivity index (χ2v) is 5.46. The van der Waals surface area contributed by atoms with Crippen molar-refractivity contribution in [3.05, 3.63) is 58.9 Å². The molecule has 114 valence electrons. The van der Waals surface area contributed by atoms with Crippen LogP contribution in [0.3, 0.4) is 0 Å². The van der Waals surface area contributed by atoms with Gasteiger partial charge in [0.05, 0.1) is 0 Å². The molecule has 2 heterocycles. The zero-order chi connectivity index (χ0) is 15.5. The predicted octanol–water partition coefficient (Wildman–Crippen LogP) is 3.75. The van der Waals surface area contributed by atoms with Crippen LogP contribution in [-0.4, -0.2) is 23.1 Å². The van der Waals surface area contributed by atoms with Crippen LogP contribution in [0.1, 0.15) is 24.1 Å². The van der Waals surface area contributed by atoms with Crippen molar-refractivity contribution in [2.75, 3.05) is 18.0 Å². The Morgan fingerprint density at radius 2 is 1.86 bits per heavy atom. The molecule has 1 aromatic heterocycles. The molecule has 1 saturated heterocycles. The third-order valence-electron chi connectivity index (χ3n) is 3.79. The Labute approximate surface area is 128 Å². The Kier molecular flexibility index (Phi) is 4.13. The number of hydrogen-bond acceptors (Lipinski definition) is 3. The molecule has 1 aliphatic heterocycles. The standard InChI is InChI=1S/C17H17F2N3/c1-12-4-7-20-17(21-12)22-8-5-13(6-9-22)10-14-2-3-15(18)16(19)11-14/h2-4,7,10-11H,5-6,8-9H2,1H3. The van der Waals surface area contributed by atoms with Gasteiger partial charge in [0.1, 0.15) is 0 Å². The molecule has 1 fully saturated rings. The highest BCUT2D eigenvalue weighted by atomic mass is 19.2. The number of aromatic nitrogens is 2. The molecule has 22 heavy (non-hydrogen) atoms. The summed E-state index contributed by atoms with van der Waals surface area (Å²) in [6.07, 6.45) is 5.45. The van der Waals surface area contributed by atoms with Crippen LogP contribution in [0, 0.1) is 18.6 Å². The van der Waals surface area contributed by atoms with Crippen LogP contribution in [0.15, 0.2) is 36.0 Å². The van der Waals surface area contributed by atoms with E-state index in [0.29, 0.717) is 5.56 Å². The van der Waals surface area contributed by atoms with Gasteiger partial charge in [-0.3, -0.25) is 0 Å². The molecule has 5 heteroatoms. The fourth-order valence-corrected chi connectivity index (χ4v) is 2.56. The topological polar surface area (TPSA) is 29.0 Å². The minimum absolute atomic E-state index is 0.703. The van der Waals surface area contributed by atoms with Gasteiger partial charge in [-0.15, -0.1) is 0 Å². The molecule has 3 rings (SSSR count). The zero-order valence-corrected chi connectivity index (χ0v) is 12.4. The second kappa shape index (κ2) is 6.22. The van der Waals surface area contributed by atoms with Crippen molar-refractivity contribution >= 4 is 12.0 Å². The van der Waals surface area contributed by atoms with Crippen LogP contribution >= 0.6 is 0 Å². The lowest BCUT2D eigenvalue weighted by atomic mass is 10.0. The minimum atomic E-state index is -0.812. The van der Waals surface area contributed by atoms with E-state index in [9.17, 15) is 8.78 Å². The largest absolute Gasteiger partial charge is 0.340 e.